The molecule has 7 heteroatoms. The van der Waals surface area contributed by atoms with E-state index in [9.17, 15) is 4.79 Å². The number of aromatic amines is 1. The molecule has 3 rings (SSSR count). The van der Waals surface area contributed by atoms with Gasteiger partial charge in [0.2, 0.25) is 5.91 Å². The molecule has 0 spiro atoms. The molecule has 3 heterocycles. The van der Waals surface area contributed by atoms with E-state index in [0.29, 0.717) is 19.0 Å². The molecule has 1 atom stereocenters. The Kier molecular flexibility index (Phi) is 4.99. The Morgan fingerprint density at radius 1 is 1.46 bits per heavy atom. The van der Waals surface area contributed by atoms with Gasteiger partial charge in [0.25, 0.3) is 0 Å². The van der Waals surface area contributed by atoms with Crippen molar-refractivity contribution in [1.29, 1.82) is 0 Å². The Morgan fingerprint density at radius 2 is 2.29 bits per heavy atom. The molecule has 0 radical (unpaired) electrons. The fourth-order valence-corrected chi connectivity index (χ4v) is 3.29. The summed E-state index contributed by atoms with van der Waals surface area (Å²) < 4.78 is 5.12. The van der Waals surface area contributed by atoms with E-state index in [1.54, 1.807) is 0 Å². The maximum absolute atomic E-state index is 12.3. The Bertz CT molecular complexity index is 686. The molecular formula is C17H25N5O2. The molecule has 1 amide bonds. The van der Waals surface area contributed by atoms with E-state index in [-0.39, 0.29) is 5.91 Å². The quantitative estimate of drug-likeness (QED) is 0.872. The van der Waals surface area contributed by atoms with Crippen LogP contribution in [-0.4, -0.2) is 45.8 Å². The maximum atomic E-state index is 12.3. The van der Waals surface area contributed by atoms with Crippen molar-refractivity contribution in [3.63, 3.8) is 0 Å². The first-order chi connectivity index (χ1) is 11.5. The van der Waals surface area contributed by atoms with Crippen LogP contribution in [0.2, 0.25) is 0 Å². The minimum Gasteiger partial charge on any atom is -0.361 e. The molecule has 0 saturated carbocycles. The summed E-state index contributed by atoms with van der Waals surface area (Å²) in [7, 11) is 0. The first-order valence-corrected chi connectivity index (χ1v) is 8.45. The first kappa shape index (κ1) is 16.7. The summed E-state index contributed by atoms with van der Waals surface area (Å²) in [5.74, 6) is 1.20. The van der Waals surface area contributed by atoms with Gasteiger partial charge < -0.3 is 9.84 Å². The smallest absolute Gasteiger partial charge is 0.234 e. The van der Waals surface area contributed by atoms with Gasteiger partial charge in [0.1, 0.15) is 5.76 Å². The predicted molar refractivity (Wildman–Crippen MR) is 89.6 cm³/mol. The van der Waals surface area contributed by atoms with Gasteiger partial charge in [-0.3, -0.25) is 14.8 Å². The number of rotatable bonds is 5. The second-order valence-corrected chi connectivity index (χ2v) is 6.63. The molecule has 0 aromatic carbocycles. The molecule has 1 aliphatic heterocycles. The minimum atomic E-state index is 0.0360. The van der Waals surface area contributed by atoms with Gasteiger partial charge in [-0.25, -0.2) is 0 Å². The monoisotopic (exact) mass is 331 g/mol. The van der Waals surface area contributed by atoms with Crippen LogP contribution in [0.5, 0.6) is 0 Å². The van der Waals surface area contributed by atoms with E-state index in [0.717, 1.165) is 54.3 Å². The third-order valence-corrected chi connectivity index (χ3v) is 4.66. The van der Waals surface area contributed by atoms with Gasteiger partial charge in [0, 0.05) is 30.3 Å². The second kappa shape index (κ2) is 7.17. The number of nitrogens with one attached hydrogen (secondary N) is 2. The van der Waals surface area contributed by atoms with Crippen molar-refractivity contribution in [2.75, 3.05) is 19.6 Å². The van der Waals surface area contributed by atoms with E-state index < -0.39 is 0 Å². The molecule has 2 aromatic rings. The lowest BCUT2D eigenvalue weighted by molar-refractivity contribution is -0.122. The van der Waals surface area contributed by atoms with Crippen molar-refractivity contribution >= 4 is 5.91 Å². The SMILES string of the molecule is Cc1cc(C2CCCN(CC(=O)NCc3c(C)noc3C)C2)n[nH]1. The molecule has 7 nitrogen and oxygen atoms in total. The lowest BCUT2D eigenvalue weighted by atomic mass is 9.94. The van der Waals surface area contributed by atoms with E-state index in [4.69, 9.17) is 4.52 Å². The van der Waals surface area contributed by atoms with Crippen molar-refractivity contribution in [1.82, 2.24) is 25.6 Å². The lowest BCUT2D eigenvalue weighted by Crippen LogP contribution is -2.42. The third-order valence-electron chi connectivity index (χ3n) is 4.66. The van der Waals surface area contributed by atoms with Crippen LogP contribution in [0, 0.1) is 20.8 Å². The summed E-state index contributed by atoms with van der Waals surface area (Å²) in [6.45, 7) is 8.49. The first-order valence-electron chi connectivity index (χ1n) is 8.45. The zero-order chi connectivity index (χ0) is 17.1. The van der Waals surface area contributed by atoms with Gasteiger partial charge in [-0.15, -0.1) is 0 Å². The van der Waals surface area contributed by atoms with E-state index in [1.807, 2.05) is 20.8 Å². The van der Waals surface area contributed by atoms with Crippen LogP contribution in [0.3, 0.4) is 0 Å². The summed E-state index contributed by atoms with van der Waals surface area (Å²) in [4.78, 5) is 14.5. The number of carbonyl (C=O) groups is 1. The number of aromatic nitrogens is 3. The Balaban J connectivity index is 1.51. The summed E-state index contributed by atoms with van der Waals surface area (Å²) in [6, 6.07) is 2.10. The topological polar surface area (TPSA) is 87.1 Å². The number of likely N-dealkylation sites (tertiary alicyclic amines) is 1. The normalized spacial score (nSPS) is 18.7. The fraction of sp³-hybridized carbons (Fsp3) is 0.588. The van der Waals surface area contributed by atoms with Gasteiger partial charge in [0.15, 0.2) is 0 Å². The van der Waals surface area contributed by atoms with E-state index >= 15 is 0 Å². The molecule has 1 unspecified atom stereocenters. The van der Waals surface area contributed by atoms with Gasteiger partial charge in [-0.1, -0.05) is 5.16 Å². The Hall–Kier alpha value is -2.15. The summed E-state index contributed by atoms with van der Waals surface area (Å²) in [5.41, 5.74) is 3.99. The average molecular weight is 331 g/mol. The van der Waals surface area contributed by atoms with Crippen LogP contribution in [0.25, 0.3) is 0 Å². The largest absolute Gasteiger partial charge is 0.361 e. The molecule has 0 bridgehead atoms. The molecule has 130 valence electrons. The number of hydrogen-bond acceptors (Lipinski definition) is 5. The van der Waals surface area contributed by atoms with Crippen molar-refractivity contribution in [2.45, 2.75) is 46.1 Å². The zero-order valence-corrected chi connectivity index (χ0v) is 14.6. The third kappa shape index (κ3) is 3.84. The van der Waals surface area contributed by atoms with Crippen molar-refractivity contribution in [2.24, 2.45) is 0 Å². The van der Waals surface area contributed by atoms with Crippen LogP contribution in [0.15, 0.2) is 10.6 Å². The van der Waals surface area contributed by atoms with Crippen LogP contribution in [0.4, 0.5) is 0 Å². The highest BCUT2D eigenvalue weighted by atomic mass is 16.5. The van der Waals surface area contributed by atoms with Gasteiger partial charge in [-0.05, 0) is 46.2 Å². The van der Waals surface area contributed by atoms with Crippen LogP contribution >= 0.6 is 0 Å². The number of aryl methyl sites for hydroxylation is 3. The van der Waals surface area contributed by atoms with E-state index in [2.05, 4.69) is 31.6 Å². The van der Waals surface area contributed by atoms with Gasteiger partial charge in [-0.2, -0.15) is 5.10 Å². The Labute approximate surface area is 141 Å². The highest BCUT2D eigenvalue weighted by Gasteiger charge is 2.24. The maximum Gasteiger partial charge on any atom is 0.234 e. The molecule has 1 fully saturated rings. The van der Waals surface area contributed by atoms with Crippen LogP contribution in [-0.2, 0) is 11.3 Å². The standard InChI is InChI=1S/C17H25N5O2/c1-11-7-16(20-19-11)14-5-4-6-22(9-14)10-17(23)18-8-15-12(2)21-24-13(15)3/h7,14H,4-6,8-10H2,1-3H3,(H,18,23)(H,19,20). The van der Waals surface area contributed by atoms with Crippen molar-refractivity contribution < 1.29 is 9.32 Å². The Morgan fingerprint density at radius 3 is 2.96 bits per heavy atom. The summed E-state index contributed by atoms with van der Waals surface area (Å²) in [6.07, 6.45) is 2.22. The molecule has 1 aliphatic rings. The highest BCUT2D eigenvalue weighted by Crippen LogP contribution is 2.25. The van der Waals surface area contributed by atoms with Crippen molar-refractivity contribution in [3.05, 3.63) is 34.5 Å². The number of piperidine rings is 1. The molecule has 2 N–H and O–H groups in total. The highest BCUT2D eigenvalue weighted by molar-refractivity contribution is 5.78. The predicted octanol–water partition coefficient (Wildman–Crippen LogP) is 1.82. The summed E-state index contributed by atoms with van der Waals surface area (Å²) >= 11 is 0. The molecular weight excluding hydrogens is 306 g/mol. The summed E-state index contributed by atoms with van der Waals surface area (Å²) in [5, 5.41) is 14.3. The van der Waals surface area contributed by atoms with Crippen LogP contribution in [0.1, 0.15) is 47.2 Å². The van der Waals surface area contributed by atoms with Crippen LogP contribution < -0.4 is 5.32 Å². The van der Waals surface area contributed by atoms with Crippen molar-refractivity contribution in [3.8, 4) is 0 Å². The molecule has 0 aliphatic carbocycles. The minimum absolute atomic E-state index is 0.0360. The number of nitrogens with zero attached hydrogens (tertiary/aromatic N) is 3. The number of H-pyrrole nitrogens is 1. The average Bonchev–Trinajstić information content (AvgIpc) is 3.12. The zero-order valence-electron chi connectivity index (χ0n) is 14.6. The lowest BCUT2D eigenvalue weighted by Gasteiger charge is -2.31. The number of hydrogen-bond donors (Lipinski definition) is 2. The molecule has 1 saturated heterocycles. The van der Waals surface area contributed by atoms with E-state index in [1.165, 1.54) is 0 Å². The van der Waals surface area contributed by atoms with Gasteiger partial charge >= 0.3 is 0 Å². The molecule has 24 heavy (non-hydrogen) atoms. The second-order valence-electron chi connectivity index (χ2n) is 6.63. The van der Waals surface area contributed by atoms with Gasteiger partial charge in [0.05, 0.1) is 17.9 Å². The molecule has 2 aromatic heterocycles. The number of amides is 1. The number of carbonyl (C=O) groups excluding carboxylic acids is 1. The fourth-order valence-electron chi connectivity index (χ4n) is 3.29.